The minimum atomic E-state index is -0.0240. The van der Waals surface area contributed by atoms with E-state index in [1.807, 2.05) is 12.3 Å². The van der Waals surface area contributed by atoms with Gasteiger partial charge in [0.1, 0.15) is 0 Å². The van der Waals surface area contributed by atoms with Gasteiger partial charge in [-0.25, -0.2) is 4.79 Å². The summed E-state index contributed by atoms with van der Waals surface area (Å²) in [5.41, 5.74) is 3.98. The van der Waals surface area contributed by atoms with Crippen LogP contribution in [0, 0.1) is 6.92 Å². The summed E-state index contributed by atoms with van der Waals surface area (Å²) in [5.74, 6) is 0.986. The number of ether oxygens (including phenoxy) is 1. The second-order valence-electron chi connectivity index (χ2n) is 6.87. The fourth-order valence-corrected chi connectivity index (χ4v) is 3.18. The molecule has 8 nitrogen and oxygen atoms in total. The molecule has 0 radical (unpaired) electrons. The number of urea groups is 1. The van der Waals surface area contributed by atoms with Crippen LogP contribution in [0.5, 0.6) is 0 Å². The van der Waals surface area contributed by atoms with Gasteiger partial charge in [-0.2, -0.15) is 0 Å². The number of amides is 2. The Bertz CT molecular complexity index is 964. The first-order chi connectivity index (χ1) is 14.2. The van der Waals surface area contributed by atoms with Crippen molar-refractivity contribution in [2.24, 2.45) is 0 Å². The highest BCUT2D eigenvalue weighted by molar-refractivity contribution is 5.74. The SMILES string of the molecule is Cc1nnc(-c2cncc(-c3ccc(CCNC(=O)N4CCOCC4)cc3)c2)o1. The van der Waals surface area contributed by atoms with Crippen LogP contribution in [0.15, 0.2) is 47.1 Å². The summed E-state index contributed by atoms with van der Waals surface area (Å²) in [6.45, 7) is 4.88. The fraction of sp³-hybridized carbons (Fsp3) is 0.333. The second kappa shape index (κ2) is 8.83. The van der Waals surface area contributed by atoms with Crippen molar-refractivity contribution in [3.63, 3.8) is 0 Å². The standard InChI is InChI=1S/C21H23N5O3/c1-15-24-25-20(29-15)19-12-18(13-22-14-19)17-4-2-16(3-5-17)6-7-23-21(27)26-8-10-28-11-9-26/h2-5,12-14H,6-11H2,1H3,(H,23,27). The Morgan fingerprint density at radius 3 is 2.55 bits per heavy atom. The molecule has 1 aromatic carbocycles. The van der Waals surface area contributed by atoms with Crippen LogP contribution in [-0.2, 0) is 11.2 Å². The molecular weight excluding hydrogens is 370 g/mol. The quantitative estimate of drug-likeness (QED) is 0.716. The molecule has 1 fully saturated rings. The van der Waals surface area contributed by atoms with Gasteiger partial charge in [-0.15, -0.1) is 10.2 Å². The molecule has 0 bridgehead atoms. The van der Waals surface area contributed by atoms with Crippen molar-refractivity contribution >= 4 is 6.03 Å². The Morgan fingerprint density at radius 1 is 1.07 bits per heavy atom. The van der Waals surface area contributed by atoms with Crippen LogP contribution in [0.2, 0.25) is 0 Å². The molecule has 0 atom stereocenters. The van der Waals surface area contributed by atoms with Gasteiger partial charge in [0.2, 0.25) is 11.8 Å². The molecule has 0 unspecified atom stereocenters. The first kappa shape index (κ1) is 19.1. The summed E-state index contributed by atoms with van der Waals surface area (Å²) in [6, 6.07) is 10.2. The lowest BCUT2D eigenvalue weighted by Gasteiger charge is -2.26. The number of pyridine rings is 1. The van der Waals surface area contributed by atoms with Crippen LogP contribution in [0.1, 0.15) is 11.5 Å². The Hall–Kier alpha value is -3.26. The summed E-state index contributed by atoms with van der Waals surface area (Å²) in [6.07, 6.45) is 4.29. The molecule has 3 heterocycles. The number of nitrogens with zero attached hydrogens (tertiary/aromatic N) is 4. The summed E-state index contributed by atoms with van der Waals surface area (Å²) in [5, 5.41) is 10.9. The molecule has 0 aliphatic carbocycles. The number of aryl methyl sites for hydroxylation is 1. The van der Waals surface area contributed by atoms with Gasteiger partial charge in [0, 0.05) is 44.5 Å². The number of hydrogen-bond acceptors (Lipinski definition) is 6. The maximum Gasteiger partial charge on any atom is 0.317 e. The molecule has 1 aliphatic heterocycles. The van der Waals surface area contributed by atoms with Crippen molar-refractivity contribution in [2.75, 3.05) is 32.8 Å². The third-order valence-corrected chi connectivity index (χ3v) is 4.79. The third-order valence-electron chi connectivity index (χ3n) is 4.79. The van der Waals surface area contributed by atoms with Crippen LogP contribution in [0.25, 0.3) is 22.6 Å². The molecule has 150 valence electrons. The van der Waals surface area contributed by atoms with E-state index < -0.39 is 0 Å². The lowest BCUT2D eigenvalue weighted by atomic mass is 10.0. The van der Waals surface area contributed by atoms with Gasteiger partial charge in [0.15, 0.2) is 0 Å². The van der Waals surface area contributed by atoms with E-state index in [9.17, 15) is 4.79 Å². The molecule has 1 N–H and O–H groups in total. The van der Waals surface area contributed by atoms with Gasteiger partial charge in [-0.3, -0.25) is 4.98 Å². The molecule has 1 aliphatic rings. The van der Waals surface area contributed by atoms with E-state index in [1.165, 1.54) is 0 Å². The average Bonchev–Trinajstić information content (AvgIpc) is 3.21. The number of carbonyl (C=O) groups is 1. The molecule has 0 spiro atoms. The lowest BCUT2D eigenvalue weighted by Crippen LogP contribution is -2.46. The molecule has 8 heteroatoms. The van der Waals surface area contributed by atoms with E-state index in [0.717, 1.165) is 28.7 Å². The highest BCUT2D eigenvalue weighted by Crippen LogP contribution is 2.24. The number of benzene rings is 1. The molecule has 1 saturated heterocycles. The van der Waals surface area contributed by atoms with Crippen molar-refractivity contribution in [2.45, 2.75) is 13.3 Å². The molecular formula is C21H23N5O3. The topological polar surface area (TPSA) is 93.4 Å². The number of rotatable bonds is 5. The second-order valence-corrected chi connectivity index (χ2v) is 6.87. The molecule has 2 amide bonds. The minimum Gasteiger partial charge on any atom is -0.421 e. The lowest BCUT2D eigenvalue weighted by molar-refractivity contribution is 0.0533. The Morgan fingerprint density at radius 2 is 1.83 bits per heavy atom. The van der Waals surface area contributed by atoms with E-state index in [-0.39, 0.29) is 6.03 Å². The predicted octanol–water partition coefficient (Wildman–Crippen LogP) is 2.69. The van der Waals surface area contributed by atoms with Crippen LogP contribution < -0.4 is 5.32 Å². The van der Waals surface area contributed by atoms with Gasteiger partial charge >= 0.3 is 6.03 Å². The Labute approximate surface area is 168 Å². The van der Waals surface area contributed by atoms with Crippen molar-refractivity contribution in [3.05, 3.63) is 54.2 Å². The van der Waals surface area contributed by atoms with Crippen LogP contribution in [0.3, 0.4) is 0 Å². The van der Waals surface area contributed by atoms with Crippen LogP contribution in [-0.4, -0.2) is 59.0 Å². The minimum absolute atomic E-state index is 0.0240. The normalized spacial score (nSPS) is 14.0. The zero-order valence-corrected chi connectivity index (χ0v) is 16.3. The van der Waals surface area contributed by atoms with Crippen LogP contribution >= 0.6 is 0 Å². The van der Waals surface area contributed by atoms with E-state index >= 15 is 0 Å². The fourth-order valence-electron chi connectivity index (χ4n) is 3.18. The van der Waals surface area contributed by atoms with Crippen molar-refractivity contribution in [3.8, 4) is 22.6 Å². The van der Waals surface area contributed by atoms with Crippen molar-refractivity contribution in [1.82, 2.24) is 25.4 Å². The summed E-state index contributed by atoms with van der Waals surface area (Å²) < 4.78 is 10.7. The van der Waals surface area contributed by atoms with E-state index in [1.54, 1.807) is 18.0 Å². The highest BCUT2D eigenvalue weighted by Gasteiger charge is 2.15. The van der Waals surface area contributed by atoms with Crippen molar-refractivity contribution in [1.29, 1.82) is 0 Å². The smallest absolute Gasteiger partial charge is 0.317 e. The number of aromatic nitrogens is 3. The Balaban J connectivity index is 1.35. The van der Waals surface area contributed by atoms with Gasteiger partial charge in [-0.1, -0.05) is 24.3 Å². The highest BCUT2D eigenvalue weighted by atomic mass is 16.5. The average molecular weight is 393 g/mol. The van der Waals surface area contributed by atoms with E-state index in [0.29, 0.717) is 44.6 Å². The summed E-state index contributed by atoms with van der Waals surface area (Å²) in [7, 11) is 0. The molecule has 0 saturated carbocycles. The Kier molecular flexibility index (Phi) is 5.81. The van der Waals surface area contributed by atoms with E-state index in [2.05, 4.69) is 44.8 Å². The zero-order valence-electron chi connectivity index (χ0n) is 16.3. The van der Waals surface area contributed by atoms with Crippen LogP contribution in [0.4, 0.5) is 4.79 Å². The number of hydrogen-bond donors (Lipinski definition) is 1. The molecule has 3 aromatic rings. The van der Waals surface area contributed by atoms with Gasteiger partial charge < -0.3 is 19.4 Å². The monoisotopic (exact) mass is 393 g/mol. The molecule has 29 heavy (non-hydrogen) atoms. The van der Waals surface area contributed by atoms with Gasteiger partial charge in [0.05, 0.1) is 18.8 Å². The summed E-state index contributed by atoms with van der Waals surface area (Å²) in [4.78, 5) is 18.2. The first-order valence-electron chi connectivity index (χ1n) is 9.64. The zero-order chi connectivity index (χ0) is 20.1. The largest absolute Gasteiger partial charge is 0.421 e. The number of carbonyl (C=O) groups excluding carboxylic acids is 1. The summed E-state index contributed by atoms with van der Waals surface area (Å²) >= 11 is 0. The molecule has 4 rings (SSSR count). The number of morpholine rings is 1. The third kappa shape index (κ3) is 4.78. The maximum atomic E-state index is 12.1. The predicted molar refractivity (Wildman–Crippen MR) is 107 cm³/mol. The number of nitrogens with one attached hydrogen (secondary N) is 1. The van der Waals surface area contributed by atoms with Gasteiger partial charge in [0.25, 0.3) is 0 Å². The molecule has 2 aromatic heterocycles. The van der Waals surface area contributed by atoms with Crippen molar-refractivity contribution < 1.29 is 13.9 Å². The maximum absolute atomic E-state index is 12.1. The van der Waals surface area contributed by atoms with E-state index in [4.69, 9.17) is 9.15 Å². The first-order valence-corrected chi connectivity index (χ1v) is 9.64. The van der Waals surface area contributed by atoms with Gasteiger partial charge in [-0.05, 0) is 23.6 Å².